The van der Waals surface area contributed by atoms with E-state index in [4.69, 9.17) is 0 Å². The molecule has 3 rings (SSSR count). The first-order chi connectivity index (χ1) is 12.4. The summed E-state index contributed by atoms with van der Waals surface area (Å²) in [6.07, 6.45) is 0. The first kappa shape index (κ1) is 18.1. The van der Waals surface area contributed by atoms with E-state index in [9.17, 15) is 13.2 Å². The highest BCUT2D eigenvalue weighted by molar-refractivity contribution is 7.90. The smallest absolute Gasteiger partial charge is 0.328 e. The Labute approximate surface area is 156 Å². The Balaban J connectivity index is 1.63. The number of hydrogen-bond donors (Lipinski definition) is 2. The fourth-order valence-corrected chi connectivity index (χ4v) is 4.04. The van der Waals surface area contributed by atoms with Crippen molar-refractivity contribution in [3.63, 3.8) is 0 Å². The molecule has 0 spiro atoms. The van der Waals surface area contributed by atoms with Crippen molar-refractivity contribution in [1.29, 1.82) is 0 Å². The van der Waals surface area contributed by atoms with Gasteiger partial charge in [0.15, 0.2) is 0 Å². The number of aromatic nitrogens is 1. The van der Waals surface area contributed by atoms with Gasteiger partial charge in [-0.15, -0.1) is 11.3 Å². The number of urea groups is 1. The van der Waals surface area contributed by atoms with Crippen LogP contribution in [0.4, 0.5) is 4.79 Å². The predicted octanol–water partition coefficient (Wildman–Crippen LogP) is 3.31. The molecule has 134 valence electrons. The summed E-state index contributed by atoms with van der Waals surface area (Å²) in [5, 5.41) is 5.44. The van der Waals surface area contributed by atoms with E-state index in [0.29, 0.717) is 0 Å². The van der Waals surface area contributed by atoms with E-state index in [1.807, 2.05) is 41.3 Å². The highest BCUT2D eigenvalue weighted by Gasteiger charge is 2.16. The summed E-state index contributed by atoms with van der Waals surface area (Å²) in [6.45, 7) is 2.14. The monoisotopic (exact) mass is 387 g/mol. The summed E-state index contributed by atoms with van der Waals surface area (Å²) >= 11 is 1.55. The second-order valence-electron chi connectivity index (χ2n) is 5.60. The highest BCUT2D eigenvalue weighted by atomic mass is 32.2. The first-order valence-electron chi connectivity index (χ1n) is 7.81. The molecule has 0 atom stereocenters. The Morgan fingerprint density at radius 3 is 2.58 bits per heavy atom. The molecule has 0 bridgehead atoms. The Morgan fingerprint density at radius 1 is 1.12 bits per heavy atom. The first-order valence-corrected chi connectivity index (χ1v) is 10.2. The lowest BCUT2D eigenvalue weighted by Crippen LogP contribution is -2.39. The van der Waals surface area contributed by atoms with Crippen molar-refractivity contribution < 1.29 is 13.2 Å². The van der Waals surface area contributed by atoms with Crippen LogP contribution >= 0.6 is 11.3 Å². The fraction of sp³-hybridized carbons (Fsp3) is 0.111. The Morgan fingerprint density at radius 2 is 1.88 bits per heavy atom. The van der Waals surface area contributed by atoms with Crippen LogP contribution in [0.2, 0.25) is 0 Å². The van der Waals surface area contributed by atoms with Crippen LogP contribution in [-0.4, -0.2) is 19.4 Å². The van der Waals surface area contributed by atoms with Crippen LogP contribution in [0.5, 0.6) is 0 Å². The van der Waals surface area contributed by atoms with Crippen molar-refractivity contribution in [1.82, 2.24) is 15.0 Å². The van der Waals surface area contributed by atoms with E-state index in [0.717, 1.165) is 21.8 Å². The summed E-state index contributed by atoms with van der Waals surface area (Å²) in [6, 6.07) is 14.6. The zero-order valence-corrected chi connectivity index (χ0v) is 15.6. The van der Waals surface area contributed by atoms with Crippen LogP contribution in [0.3, 0.4) is 0 Å². The van der Waals surface area contributed by atoms with Crippen molar-refractivity contribution in [2.24, 2.45) is 0 Å². The van der Waals surface area contributed by atoms with Gasteiger partial charge in [0.1, 0.15) is 5.01 Å². The maximum absolute atomic E-state index is 12.1. The molecule has 0 aliphatic heterocycles. The molecule has 0 saturated heterocycles. The van der Waals surface area contributed by atoms with E-state index in [-0.39, 0.29) is 11.4 Å². The molecule has 0 fully saturated rings. The number of rotatable bonds is 5. The summed E-state index contributed by atoms with van der Waals surface area (Å²) < 4.78 is 26.2. The zero-order chi connectivity index (χ0) is 18.6. The summed E-state index contributed by atoms with van der Waals surface area (Å²) in [5.41, 5.74) is 2.77. The normalized spacial score (nSPS) is 11.1. The summed E-state index contributed by atoms with van der Waals surface area (Å²) in [5.74, 6) is 0. The molecule has 8 heteroatoms. The number of carbonyl (C=O) groups excluding carboxylic acids is 1. The Hall–Kier alpha value is -2.71. The van der Waals surface area contributed by atoms with Crippen LogP contribution in [0, 0.1) is 6.92 Å². The van der Waals surface area contributed by atoms with Gasteiger partial charge in [-0.1, -0.05) is 36.4 Å². The van der Waals surface area contributed by atoms with Gasteiger partial charge in [-0.3, -0.25) is 0 Å². The van der Waals surface area contributed by atoms with Gasteiger partial charge in [0.05, 0.1) is 4.90 Å². The molecular formula is C18H17N3O3S2. The minimum absolute atomic E-state index is 0.0382. The van der Waals surface area contributed by atoms with E-state index in [2.05, 4.69) is 10.3 Å². The van der Waals surface area contributed by atoms with Crippen LogP contribution < -0.4 is 10.0 Å². The zero-order valence-electron chi connectivity index (χ0n) is 14.0. The van der Waals surface area contributed by atoms with Gasteiger partial charge < -0.3 is 5.32 Å². The van der Waals surface area contributed by atoms with E-state index < -0.39 is 16.1 Å². The predicted molar refractivity (Wildman–Crippen MR) is 101 cm³/mol. The van der Waals surface area contributed by atoms with E-state index >= 15 is 0 Å². The molecule has 3 aromatic rings. The van der Waals surface area contributed by atoms with Gasteiger partial charge >= 0.3 is 6.03 Å². The molecule has 0 radical (unpaired) electrons. The number of amides is 2. The molecule has 0 saturated carbocycles. The maximum Gasteiger partial charge on any atom is 0.328 e. The number of sulfonamides is 1. The van der Waals surface area contributed by atoms with Crippen molar-refractivity contribution in [3.8, 4) is 10.6 Å². The van der Waals surface area contributed by atoms with E-state index in [1.165, 1.54) is 12.1 Å². The quantitative estimate of drug-likeness (QED) is 0.703. The number of nitrogens with zero attached hydrogens (tertiary/aromatic N) is 1. The maximum atomic E-state index is 12.1. The van der Waals surface area contributed by atoms with Gasteiger partial charge in [0.25, 0.3) is 10.0 Å². The molecule has 6 nitrogen and oxygen atoms in total. The third kappa shape index (κ3) is 4.47. The van der Waals surface area contributed by atoms with E-state index in [1.54, 1.807) is 29.5 Å². The average Bonchev–Trinajstić information content (AvgIpc) is 3.07. The number of benzene rings is 2. The molecule has 1 aromatic heterocycles. The average molecular weight is 387 g/mol. The van der Waals surface area contributed by atoms with Gasteiger partial charge in [-0.2, -0.15) is 0 Å². The minimum atomic E-state index is -3.88. The second-order valence-corrected chi connectivity index (χ2v) is 8.14. The topological polar surface area (TPSA) is 88.2 Å². The fourth-order valence-electron chi connectivity index (χ4n) is 2.30. The van der Waals surface area contributed by atoms with Crippen molar-refractivity contribution >= 4 is 27.4 Å². The van der Waals surface area contributed by atoms with Crippen LogP contribution in [-0.2, 0) is 16.6 Å². The third-order valence-electron chi connectivity index (χ3n) is 3.53. The highest BCUT2D eigenvalue weighted by Crippen LogP contribution is 2.24. The number of nitrogens with one attached hydrogen (secondary N) is 2. The molecule has 26 heavy (non-hydrogen) atoms. The molecule has 2 amide bonds. The number of hydrogen-bond acceptors (Lipinski definition) is 5. The van der Waals surface area contributed by atoms with Gasteiger partial charge in [0.2, 0.25) is 0 Å². The molecule has 2 N–H and O–H groups in total. The molecule has 2 aromatic carbocycles. The van der Waals surface area contributed by atoms with Crippen molar-refractivity contribution in [3.05, 3.63) is 71.2 Å². The van der Waals surface area contributed by atoms with Crippen molar-refractivity contribution in [2.45, 2.75) is 18.4 Å². The van der Waals surface area contributed by atoms with Crippen molar-refractivity contribution in [2.75, 3.05) is 0 Å². The SMILES string of the molecule is Cc1csc(-c2cccc(CNC(=O)NS(=O)(=O)c3ccccc3)c2)n1. The van der Waals surface area contributed by atoms with Crippen LogP contribution in [0.1, 0.15) is 11.3 Å². The molecule has 0 aliphatic rings. The molecule has 0 aliphatic carbocycles. The minimum Gasteiger partial charge on any atom is -0.333 e. The second kappa shape index (κ2) is 7.67. The summed E-state index contributed by atoms with van der Waals surface area (Å²) in [4.78, 5) is 16.4. The number of aryl methyl sites for hydroxylation is 1. The lowest BCUT2D eigenvalue weighted by molar-refractivity contribution is 0.245. The van der Waals surface area contributed by atoms with Gasteiger partial charge in [-0.25, -0.2) is 22.9 Å². The van der Waals surface area contributed by atoms with Gasteiger partial charge in [-0.05, 0) is 30.7 Å². The Bertz CT molecular complexity index is 1010. The van der Waals surface area contributed by atoms with Crippen LogP contribution in [0.25, 0.3) is 10.6 Å². The number of carbonyl (C=O) groups is 1. The van der Waals surface area contributed by atoms with Gasteiger partial charge in [0, 0.05) is 23.2 Å². The lowest BCUT2D eigenvalue weighted by atomic mass is 10.1. The molecular weight excluding hydrogens is 370 g/mol. The van der Waals surface area contributed by atoms with Crippen LogP contribution in [0.15, 0.2) is 64.9 Å². The third-order valence-corrected chi connectivity index (χ3v) is 5.88. The molecule has 0 unspecified atom stereocenters. The molecule has 1 heterocycles. The summed E-state index contributed by atoms with van der Waals surface area (Å²) in [7, 11) is -3.88. The Kier molecular flexibility index (Phi) is 5.34. The lowest BCUT2D eigenvalue weighted by Gasteiger charge is -2.09. The number of thiazole rings is 1. The largest absolute Gasteiger partial charge is 0.333 e. The standard InChI is InChI=1S/C18H17N3O3S2/c1-13-12-25-17(20-13)15-7-5-6-14(10-15)11-19-18(22)21-26(23,24)16-8-3-2-4-9-16/h2-10,12H,11H2,1H3,(H2,19,21,22).